The Morgan fingerprint density at radius 1 is 1.15 bits per heavy atom. The van der Waals surface area contributed by atoms with Crippen molar-refractivity contribution in [3.8, 4) is 0 Å². The lowest BCUT2D eigenvalue weighted by atomic mass is 9.68. The molecule has 1 aromatic heterocycles. The zero-order valence-electron chi connectivity index (χ0n) is 12.5. The molecule has 0 radical (unpaired) electrons. The first-order chi connectivity index (χ1) is 9.73. The number of fused-ring (bicyclic) bond motifs is 1. The van der Waals surface area contributed by atoms with Crippen molar-refractivity contribution in [3.63, 3.8) is 0 Å². The predicted molar refractivity (Wildman–Crippen MR) is 84.7 cm³/mol. The van der Waals surface area contributed by atoms with Crippen molar-refractivity contribution < 1.29 is 0 Å². The van der Waals surface area contributed by atoms with E-state index in [0.717, 1.165) is 5.52 Å². The Bertz CT molecular complexity index is 585. The van der Waals surface area contributed by atoms with E-state index in [1.54, 1.807) is 0 Å². The van der Waals surface area contributed by atoms with Crippen LogP contribution in [0.3, 0.4) is 0 Å². The van der Waals surface area contributed by atoms with Gasteiger partial charge in [-0.05, 0) is 49.1 Å². The van der Waals surface area contributed by atoms with Gasteiger partial charge in [-0.2, -0.15) is 0 Å². The van der Waals surface area contributed by atoms with Crippen molar-refractivity contribution in [1.29, 1.82) is 0 Å². The highest BCUT2D eigenvalue weighted by Gasteiger charge is 2.35. The van der Waals surface area contributed by atoms with E-state index in [1.165, 1.54) is 43.1 Å². The number of nitrogens with zero attached hydrogens (tertiary/aromatic N) is 1. The first-order valence-corrected chi connectivity index (χ1v) is 7.75. The summed E-state index contributed by atoms with van der Waals surface area (Å²) < 4.78 is 0. The second-order valence-corrected chi connectivity index (χ2v) is 6.39. The Kier molecular flexibility index (Phi) is 3.75. The maximum Gasteiger partial charge on any atom is 0.0702 e. The molecule has 3 rings (SSSR count). The minimum atomic E-state index is 0.378. The van der Waals surface area contributed by atoms with Gasteiger partial charge in [0, 0.05) is 17.6 Å². The molecule has 0 aliphatic heterocycles. The first-order valence-electron chi connectivity index (χ1n) is 7.75. The van der Waals surface area contributed by atoms with E-state index in [4.69, 9.17) is 0 Å². The quantitative estimate of drug-likeness (QED) is 0.888. The van der Waals surface area contributed by atoms with Crippen LogP contribution in [0.5, 0.6) is 0 Å². The zero-order valence-corrected chi connectivity index (χ0v) is 12.5. The molecular formula is C18H24N2. The minimum absolute atomic E-state index is 0.378. The summed E-state index contributed by atoms with van der Waals surface area (Å²) in [5.74, 6) is 0. The third-order valence-electron chi connectivity index (χ3n) is 4.94. The van der Waals surface area contributed by atoms with Crippen LogP contribution in [0.1, 0.15) is 50.6 Å². The topological polar surface area (TPSA) is 24.9 Å². The molecule has 2 aromatic rings. The Morgan fingerprint density at radius 2 is 1.95 bits per heavy atom. The standard InChI is InChI=1S/C18H24N2/c1-18(10-4-3-5-11-18)17(19-2)15-8-9-16-14(13-15)7-6-12-20-16/h6-9,12-13,17,19H,3-5,10-11H2,1-2H3. The molecule has 0 amide bonds. The van der Waals surface area contributed by atoms with Gasteiger partial charge in [0.2, 0.25) is 0 Å². The Balaban J connectivity index is 1.98. The summed E-state index contributed by atoms with van der Waals surface area (Å²) in [7, 11) is 2.10. The second-order valence-electron chi connectivity index (χ2n) is 6.39. The minimum Gasteiger partial charge on any atom is -0.313 e. The number of aromatic nitrogens is 1. The fourth-order valence-electron chi connectivity index (χ4n) is 3.84. The number of pyridine rings is 1. The number of nitrogens with one attached hydrogen (secondary N) is 1. The van der Waals surface area contributed by atoms with Crippen molar-refractivity contribution in [1.82, 2.24) is 10.3 Å². The molecule has 0 spiro atoms. The molecular weight excluding hydrogens is 244 g/mol. The molecule has 1 aromatic carbocycles. The van der Waals surface area contributed by atoms with Crippen LogP contribution in [0.25, 0.3) is 10.9 Å². The molecule has 2 heteroatoms. The Hall–Kier alpha value is -1.41. The molecule has 1 unspecified atom stereocenters. The molecule has 1 fully saturated rings. The van der Waals surface area contributed by atoms with Gasteiger partial charge in [-0.1, -0.05) is 38.3 Å². The van der Waals surface area contributed by atoms with Gasteiger partial charge in [0.25, 0.3) is 0 Å². The van der Waals surface area contributed by atoms with E-state index < -0.39 is 0 Å². The maximum atomic E-state index is 4.42. The number of hydrogen-bond acceptors (Lipinski definition) is 2. The van der Waals surface area contributed by atoms with E-state index >= 15 is 0 Å². The first kappa shape index (κ1) is 13.6. The lowest BCUT2D eigenvalue weighted by Gasteiger charge is -2.41. The fraction of sp³-hybridized carbons (Fsp3) is 0.500. The third-order valence-corrected chi connectivity index (χ3v) is 4.94. The second kappa shape index (κ2) is 5.53. The van der Waals surface area contributed by atoms with E-state index in [-0.39, 0.29) is 0 Å². The van der Waals surface area contributed by atoms with E-state index in [0.29, 0.717) is 11.5 Å². The van der Waals surface area contributed by atoms with Gasteiger partial charge in [-0.15, -0.1) is 0 Å². The molecule has 1 aliphatic rings. The lowest BCUT2D eigenvalue weighted by Crippen LogP contribution is -2.36. The molecule has 0 bridgehead atoms. The predicted octanol–water partition coefficient (Wildman–Crippen LogP) is 4.47. The van der Waals surface area contributed by atoms with Crippen LogP contribution in [0.4, 0.5) is 0 Å². The highest BCUT2D eigenvalue weighted by atomic mass is 14.9. The van der Waals surface area contributed by atoms with Crippen LogP contribution in [0, 0.1) is 5.41 Å². The number of rotatable bonds is 3. The highest BCUT2D eigenvalue weighted by molar-refractivity contribution is 5.79. The molecule has 0 saturated heterocycles. The Labute approximate surface area is 121 Å². The molecule has 2 nitrogen and oxygen atoms in total. The van der Waals surface area contributed by atoms with E-state index in [1.807, 2.05) is 12.3 Å². The van der Waals surface area contributed by atoms with Gasteiger partial charge in [-0.3, -0.25) is 4.98 Å². The van der Waals surface area contributed by atoms with Gasteiger partial charge in [0.05, 0.1) is 5.52 Å². The molecule has 20 heavy (non-hydrogen) atoms. The van der Waals surface area contributed by atoms with Gasteiger partial charge in [0.15, 0.2) is 0 Å². The Morgan fingerprint density at radius 3 is 2.70 bits per heavy atom. The number of hydrogen-bond donors (Lipinski definition) is 1. The van der Waals surface area contributed by atoms with Crippen molar-refractivity contribution in [2.75, 3.05) is 7.05 Å². The van der Waals surface area contributed by atoms with Gasteiger partial charge in [-0.25, -0.2) is 0 Å². The van der Waals surface area contributed by atoms with Crippen LogP contribution in [-0.4, -0.2) is 12.0 Å². The van der Waals surface area contributed by atoms with Crippen LogP contribution in [0.15, 0.2) is 36.5 Å². The van der Waals surface area contributed by atoms with Crippen LogP contribution < -0.4 is 5.32 Å². The average molecular weight is 268 g/mol. The van der Waals surface area contributed by atoms with Crippen molar-refractivity contribution in [3.05, 3.63) is 42.1 Å². The summed E-state index contributed by atoms with van der Waals surface area (Å²) in [6.07, 6.45) is 8.63. The smallest absolute Gasteiger partial charge is 0.0702 e. The van der Waals surface area contributed by atoms with Gasteiger partial charge < -0.3 is 5.32 Å². The van der Waals surface area contributed by atoms with Crippen LogP contribution in [0.2, 0.25) is 0 Å². The van der Waals surface area contributed by atoms with Gasteiger partial charge >= 0.3 is 0 Å². The van der Waals surface area contributed by atoms with Crippen molar-refractivity contribution in [2.45, 2.75) is 45.1 Å². The lowest BCUT2D eigenvalue weighted by molar-refractivity contribution is 0.150. The fourth-order valence-corrected chi connectivity index (χ4v) is 3.84. The average Bonchev–Trinajstić information content (AvgIpc) is 2.48. The molecule has 1 atom stereocenters. The molecule has 1 aliphatic carbocycles. The molecule has 106 valence electrons. The highest BCUT2D eigenvalue weighted by Crippen LogP contribution is 2.45. The summed E-state index contributed by atoms with van der Waals surface area (Å²) in [4.78, 5) is 4.42. The molecule has 1 heterocycles. The third kappa shape index (κ3) is 2.45. The summed E-state index contributed by atoms with van der Waals surface area (Å²) in [6.45, 7) is 2.45. The van der Waals surface area contributed by atoms with Crippen molar-refractivity contribution in [2.24, 2.45) is 5.41 Å². The zero-order chi connectivity index (χ0) is 14.0. The summed E-state index contributed by atoms with van der Waals surface area (Å²) in [6, 6.07) is 11.3. The largest absolute Gasteiger partial charge is 0.313 e. The molecule has 1 N–H and O–H groups in total. The summed E-state index contributed by atoms with van der Waals surface area (Å²) >= 11 is 0. The van der Waals surface area contributed by atoms with E-state index in [9.17, 15) is 0 Å². The number of benzene rings is 1. The summed E-state index contributed by atoms with van der Waals surface area (Å²) in [5.41, 5.74) is 2.86. The molecule has 1 saturated carbocycles. The van der Waals surface area contributed by atoms with Gasteiger partial charge in [0.1, 0.15) is 0 Å². The van der Waals surface area contributed by atoms with Crippen LogP contribution >= 0.6 is 0 Å². The van der Waals surface area contributed by atoms with Crippen LogP contribution in [-0.2, 0) is 0 Å². The van der Waals surface area contributed by atoms with E-state index in [2.05, 4.69) is 48.5 Å². The maximum absolute atomic E-state index is 4.42. The summed E-state index contributed by atoms with van der Waals surface area (Å²) in [5, 5.41) is 4.81. The normalized spacial score (nSPS) is 19.9. The monoisotopic (exact) mass is 268 g/mol. The van der Waals surface area contributed by atoms with Crippen molar-refractivity contribution >= 4 is 10.9 Å². The SMILES string of the molecule is CNC(c1ccc2ncccc2c1)C1(C)CCCCC1.